The number of hydrogen-bond donors (Lipinski definition) is 4. The molecule has 0 spiro atoms. The summed E-state index contributed by atoms with van der Waals surface area (Å²) in [5.74, 6) is -2.63. The first-order chi connectivity index (χ1) is 16.4. The molecule has 0 bridgehead atoms. The van der Waals surface area contributed by atoms with E-state index in [0.717, 1.165) is 12.0 Å². The number of sulfonamides is 1. The molecule has 35 heavy (non-hydrogen) atoms. The third-order valence-electron chi connectivity index (χ3n) is 7.08. The summed E-state index contributed by atoms with van der Waals surface area (Å²) in [6, 6.07) is 5.63. The first kappa shape index (κ1) is 25.7. The van der Waals surface area contributed by atoms with Crippen molar-refractivity contribution in [1.29, 1.82) is 0 Å². The van der Waals surface area contributed by atoms with Crippen molar-refractivity contribution in [2.45, 2.75) is 61.9 Å². The van der Waals surface area contributed by atoms with E-state index in [-0.39, 0.29) is 52.1 Å². The van der Waals surface area contributed by atoms with Crippen LogP contribution < -0.4 is 10.5 Å². The van der Waals surface area contributed by atoms with Gasteiger partial charge in [0, 0.05) is 28.5 Å². The van der Waals surface area contributed by atoms with Crippen LogP contribution in [0.15, 0.2) is 39.8 Å². The van der Waals surface area contributed by atoms with Crippen molar-refractivity contribution in [3.63, 3.8) is 0 Å². The smallest absolute Gasteiger partial charge is 0.353 e. The lowest BCUT2D eigenvalue weighted by molar-refractivity contribution is -0.163. The third kappa shape index (κ3) is 4.84. The number of thioether (sulfide) groups is 1. The van der Waals surface area contributed by atoms with E-state index in [1.165, 1.54) is 28.8 Å². The van der Waals surface area contributed by atoms with Crippen LogP contribution >= 0.6 is 11.8 Å². The summed E-state index contributed by atoms with van der Waals surface area (Å²) in [5, 5.41) is 27.8. The number of benzene rings is 1. The number of carboxylic acids is 1. The zero-order valence-electron chi connectivity index (χ0n) is 19.4. The summed E-state index contributed by atoms with van der Waals surface area (Å²) >= 11 is 1.44. The summed E-state index contributed by atoms with van der Waals surface area (Å²) in [6.45, 7) is 3.69. The van der Waals surface area contributed by atoms with Gasteiger partial charge in [-0.3, -0.25) is 9.59 Å². The van der Waals surface area contributed by atoms with Gasteiger partial charge in [0.2, 0.25) is 21.8 Å². The maximum absolute atomic E-state index is 12.7. The van der Waals surface area contributed by atoms with Crippen LogP contribution in [0, 0.1) is 17.8 Å². The number of fused-ring (bicyclic) bond motifs is 1. The number of carboxylic acid groups (broad SMARTS) is 1. The van der Waals surface area contributed by atoms with E-state index in [1.807, 2.05) is 6.92 Å². The summed E-state index contributed by atoms with van der Waals surface area (Å²) in [5.41, 5.74) is 0.748. The highest BCUT2D eigenvalue weighted by molar-refractivity contribution is 8.03. The number of carbonyl (C=O) groups is 3. The number of amides is 2. The van der Waals surface area contributed by atoms with E-state index in [9.17, 15) is 33.0 Å². The van der Waals surface area contributed by atoms with E-state index >= 15 is 0 Å². The molecule has 2 fully saturated rings. The molecule has 190 valence electrons. The minimum Gasteiger partial charge on any atom is -0.477 e. The van der Waals surface area contributed by atoms with Gasteiger partial charge >= 0.3 is 5.97 Å². The zero-order valence-corrected chi connectivity index (χ0v) is 21.0. The molecule has 2 aliphatic heterocycles. The number of primary sulfonamides is 1. The second-order valence-corrected chi connectivity index (χ2v) is 12.3. The number of β-lactam (4-membered cyclic amide) rings is 1. The summed E-state index contributed by atoms with van der Waals surface area (Å²) in [6.07, 6.45) is 1.15. The molecule has 1 saturated heterocycles. The van der Waals surface area contributed by atoms with Crippen molar-refractivity contribution in [2.75, 3.05) is 0 Å². The number of aliphatic hydroxyl groups is 1. The third-order valence-corrected chi connectivity index (χ3v) is 9.59. The molecule has 1 aromatic carbocycles. The van der Waals surface area contributed by atoms with E-state index in [4.69, 9.17) is 5.14 Å². The number of carbonyl (C=O) groups excluding carboxylic acids is 2. The van der Waals surface area contributed by atoms with Crippen molar-refractivity contribution in [3.05, 3.63) is 40.4 Å². The molecule has 2 amide bonds. The van der Waals surface area contributed by atoms with E-state index in [0.29, 0.717) is 17.7 Å². The summed E-state index contributed by atoms with van der Waals surface area (Å²) < 4.78 is 22.7. The van der Waals surface area contributed by atoms with Crippen LogP contribution in [0.3, 0.4) is 0 Å². The minimum absolute atomic E-state index is 0.00485. The lowest BCUT2D eigenvalue weighted by Crippen LogP contribution is -2.63. The van der Waals surface area contributed by atoms with Gasteiger partial charge in [-0.05, 0) is 43.9 Å². The second-order valence-electron chi connectivity index (χ2n) is 9.43. The number of nitrogens with two attached hydrogens (primary N) is 1. The number of aliphatic carboxylic acids is 1. The van der Waals surface area contributed by atoms with Gasteiger partial charge < -0.3 is 20.4 Å². The van der Waals surface area contributed by atoms with Crippen molar-refractivity contribution >= 4 is 39.6 Å². The van der Waals surface area contributed by atoms with Crippen LogP contribution in [0.5, 0.6) is 0 Å². The highest BCUT2D eigenvalue weighted by Crippen LogP contribution is 2.53. The Morgan fingerprint density at radius 1 is 1.26 bits per heavy atom. The highest BCUT2D eigenvalue weighted by atomic mass is 32.2. The second kappa shape index (κ2) is 9.57. The fourth-order valence-corrected chi connectivity index (χ4v) is 7.38. The Morgan fingerprint density at radius 3 is 2.49 bits per heavy atom. The van der Waals surface area contributed by atoms with Gasteiger partial charge in [0.1, 0.15) is 5.70 Å². The van der Waals surface area contributed by atoms with Gasteiger partial charge in [0.15, 0.2) is 0 Å². The molecular formula is C23H29N3O7S2. The minimum atomic E-state index is -3.77. The molecule has 1 aliphatic carbocycles. The Kier molecular flexibility index (Phi) is 7.02. The van der Waals surface area contributed by atoms with Gasteiger partial charge in [0.25, 0.3) is 0 Å². The van der Waals surface area contributed by atoms with Crippen molar-refractivity contribution in [2.24, 2.45) is 22.9 Å². The van der Waals surface area contributed by atoms with E-state index in [1.54, 1.807) is 19.1 Å². The van der Waals surface area contributed by atoms with E-state index < -0.39 is 28.0 Å². The Bertz CT molecular complexity index is 1180. The fraction of sp³-hybridized carbons (Fsp3) is 0.522. The Labute approximate surface area is 208 Å². The number of nitrogens with zero attached hydrogens (tertiary/aromatic N) is 1. The average molecular weight is 524 g/mol. The SMILES string of the molecule is C[C@@H](O)C1C(=O)N2C(C(=O)O)=C(S[C@@H]3CC[C@H](C(=O)NCc4ccc(S(N)(=O)=O)cc4)C3)[C@H](C)C12. The zero-order chi connectivity index (χ0) is 25.7. The molecule has 2 heterocycles. The Morgan fingerprint density at radius 2 is 1.91 bits per heavy atom. The molecule has 12 heteroatoms. The number of rotatable bonds is 8. The summed E-state index contributed by atoms with van der Waals surface area (Å²) in [7, 11) is -3.77. The highest BCUT2D eigenvalue weighted by Gasteiger charge is 2.60. The van der Waals surface area contributed by atoms with Gasteiger partial charge in [-0.15, -0.1) is 11.8 Å². The van der Waals surface area contributed by atoms with Crippen molar-refractivity contribution < 1.29 is 33.0 Å². The molecule has 10 nitrogen and oxygen atoms in total. The predicted octanol–water partition coefficient (Wildman–Crippen LogP) is 1.01. The molecule has 0 radical (unpaired) electrons. The average Bonchev–Trinajstić information content (AvgIpc) is 3.33. The first-order valence-electron chi connectivity index (χ1n) is 11.4. The molecule has 2 unspecified atom stereocenters. The normalized spacial score (nSPS) is 29.1. The van der Waals surface area contributed by atoms with Crippen LogP contribution in [0.25, 0.3) is 0 Å². The van der Waals surface area contributed by atoms with Gasteiger partial charge in [-0.25, -0.2) is 18.4 Å². The predicted molar refractivity (Wildman–Crippen MR) is 128 cm³/mol. The Hall–Kier alpha value is -2.41. The number of nitrogens with one attached hydrogen (secondary N) is 1. The van der Waals surface area contributed by atoms with Gasteiger partial charge in [-0.2, -0.15) is 0 Å². The molecule has 1 aromatic rings. The number of aliphatic hydroxyl groups excluding tert-OH is 1. The maximum Gasteiger partial charge on any atom is 0.353 e. The topological polar surface area (TPSA) is 167 Å². The number of hydrogen-bond acceptors (Lipinski definition) is 7. The fourth-order valence-electron chi connectivity index (χ4n) is 5.27. The van der Waals surface area contributed by atoms with Crippen LogP contribution in [0.1, 0.15) is 38.7 Å². The summed E-state index contributed by atoms with van der Waals surface area (Å²) in [4.78, 5) is 39.1. The lowest BCUT2D eigenvalue weighted by Gasteiger charge is -2.46. The van der Waals surface area contributed by atoms with Crippen LogP contribution in [0.4, 0.5) is 0 Å². The molecule has 0 aromatic heterocycles. The quantitative estimate of drug-likeness (QED) is 0.366. The molecule has 5 N–H and O–H groups in total. The van der Waals surface area contributed by atoms with Crippen LogP contribution in [-0.2, 0) is 31.0 Å². The van der Waals surface area contributed by atoms with Crippen molar-refractivity contribution in [1.82, 2.24) is 10.2 Å². The Balaban J connectivity index is 1.36. The largest absolute Gasteiger partial charge is 0.477 e. The molecule has 6 atom stereocenters. The van der Waals surface area contributed by atoms with Crippen LogP contribution in [-0.4, -0.2) is 58.7 Å². The first-order valence-corrected chi connectivity index (χ1v) is 13.9. The lowest BCUT2D eigenvalue weighted by atomic mass is 9.79. The molecule has 3 aliphatic rings. The van der Waals surface area contributed by atoms with Crippen LogP contribution in [0.2, 0.25) is 0 Å². The van der Waals surface area contributed by atoms with Gasteiger partial charge in [0.05, 0.1) is 23.0 Å². The molecular weight excluding hydrogens is 494 g/mol. The van der Waals surface area contributed by atoms with Crippen molar-refractivity contribution in [3.8, 4) is 0 Å². The maximum atomic E-state index is 12.7. The standard InChI is InChI=1S/C23H29N3O7S2/c1-11-18-17(12(2)27)22(29)26(18)19(23(30)31)20(11)34-15-6-5-14(9-15)21(28)25-10-13-3-7-16(8-4-13)35(24,32)33/h3-4,7-8,11-12,14-15,17-18,27H,5-6,9-10H2,1-2H3,(H,25,28)(H,30,31)(H2,24,32,33)/t11-,12-,14+,15-,17?,18?/m1/s1. The van der Waals surface area contributed by atoms with Gasteiger partial charge in [-0.1, -0.05) is 19.1 Å². The molecule has 1 saturated carbocycles. The van der Waals surface area contributed by atoms with E-state index in [2.05, 4.69) is 5.32 Å². The monoisotopic (exact) mass is 523 g/mol. The molecule has 4 rings (SSSR count).